The molecule has 1 saturated carbocycles. The largest absolute Gasteiger partial charge is 0.494 e. The Hall–Kier alpha value is -1.78. The molecule has 1 fully saturated rings. The van der Waals surface area contributed by atoms with Crippen LogP contribution in [0.15, 0.2) is 23.2 Å². The number of benzene rings is 1. The molecule has 2 N–H and O–H groups in total. The van der Waals surface area contributed by atoms with Crippen molar-refractivity contribution in [1.29, 1.82) is 0 Å². The van der Waals surface area contributed by atoms with Gasteiger partial charge in [-0.15, -0.1) is 0 Å². The van der Waals surface area contributed by atoms with Crippen LogP contribution in [0.1, 0.15) is 44.6 Å². The van der Waals surface area contributed by atoms with Crippen LogP contribution in [0.4, 0.5) is 4.39 Å². The minimum absolute atomic E-state index is 0.264. The molecule has 1 aliphatic rings. The summed E-state index contributed by atoms with van der Waals surface area (Å²) in [5, 5.41) is 6.74. The summed E-state index contributed by atoms with van der Waals surface area (Å²) in [6, 6.07) is 5.46. The van der Waals surface area contributed by atoms with E-state index in [1.807, 2.05) is 13.0 Å². The summed E-state index contributed by atoms with van der Waals surface area (Å²) in [7, 11) is 1.47. The number of nitrogens with one attached hydrogen (secondary N) is 2. The van der Waals surface area contributed by atoms with Gasteiger partial charge in [-0.3, -0.25) is 0 Å². The van der Waals surface area contributed by atoms with Crippen molar-refractivity contribution in [2.24, 2.45) is 4.99 Å². The van der Waals surface area contributed by atoms with Gasteiger partial charge in [0, 0.05) is 12.6 Å². The van der Waals surface area contributed by atoms with Crippen LogP contribution in [0.25, 0.3) is 0 Å². The average molecular weight is 307 g/mol. The van der Waals surface area contributed by atoms with Crippen molar-refractivity contribution in [2.45, 2.75) is 51.6 Å². The lowest BCUT2D eigenvalue weighted by atomic mass is 9.96. The topological polar surface area (TPSA) is 45.7 Å². The zero-order valence-corrected chi connectivity index (χ0v) is 13.5. The summed E-state index contributed by atoms with van der Waals surface area (Å²) < 4.78 is 18.6. The van der Waals surface area contributed by atoms with E-state index >= 15 is 0 Å². The van der Waals surface area contributed by atoms with Crippen LogP contribution in [0.2, 0.25) is 0 Å². The van der Waals surface area contributed by atoms with Crippen LogP contribution in [0, 0.1) is 5.82 Å². The first kappa shape index (κ1) is 16.6. The summed E-state index contributed by atoms with van der Waals surface area (Å²) in [5.74, 6) is 0.728. The molecule has 0 atom stereocenters. The second-order valence-electron chi connectivity index (χ2n) is 5.64. The fourth-order valence-electron chi connectivity index (χ4n) is 2.74. The highest BCUT2D eigenvalue weighted by molar-refractivity contribution is 5.80. The molecule has 1 aromatic rings. The molecule has 22 heavy (non-hydrogen) atoms. The van der Waals surface area contributed by atoms with E-state index in [0.717, 1.165) is 18.1 Å². The lowest BCUT2D eigenvalue weighted by molar-refractivity contribution is 0.386. The number of aliphatic imine (C=N–C) groups is 1. The highest BCUT2D eigenvalue weighted by atomic mass is 19.1. The van der Waals surface area contributed by atoms with Crippen LogP contribution in [0.3, 0.4) is 0 Å². The molecule has 4 nitrogen and oxygen atoms in total. The molecule has 2 rings (SSSR count). The Morgan fingerprint density at radius 1 is 1.32 bits per heavy atom. The Balaban J connectivity index is 1.98. The number of guanidine groups is 1. The number of halogens is 1. The molecule has 122 valence electrons. The second-order valence-corrected chi connectivity index (χ2v) is 5.64. The maximum atomic E-state index is 13.7. The third-order valence-corrected chi connectivity index (χ3v) is 3.93. The van der Waals surface area contributed by atoms with Gasteiger partial charge in [0.1, 0.15) is 0 Å². The van der Waals surface area contributed by atoms with E-state index in [1.54, 1.807) is 6.07 Å². The third-order valence-electron chi connectivity index (χ3n) is 3.93. The molecule has 0 spiro atoms. The highest BCUT2D eigenvalue weighted by Gasteiger charge is 2.14. The molecule has 0 radical (unpaired) electrons. The van der Waals surface area contributed by atoms with E-state index in [-0.39, 0.29) is 11.6 Å². The molecule has 1 aromatic carbocycles. The Bertz CT molecular complexity index is 499. The van der Waals surface area contributed by atoms with Gasteiger partial charge in [-0.2, -0.15) is 0 Å². The van der Waals surface area contributed by atoms with Crippen LogP contribution in [-0.2, 0) is 6.54 Å². The number of nitrogens with zero attached hydrogens (tertiary/aromatic N) is 1. The zero-order valence-electron chi connectivity index (χ0n) is 13.5. The summed E-state index contributed by atoms with van der Waals surface area (Å²) >= 11 is 0. The lowest BCUT2D eigenvalue weighted by Gasteiger charge is -2.24. The Kier molecular flexibility index (Phi) is 6.49. The molecule has 0 aromatic heterocycles. The molecule has 0 amide bonds. The van der Waals surface area contributed by atoms with Gasteiger partial charge in [0.25, 0.3) is 0 Å². The zero-order chi connectivity index (χ0) is 15.8. The van der Waals surface area contributed by atoms with Gasteiger partial charge in [0.2, 0.25) is 0 Å². The van der Waals surface area contributed by atoms with Gasteiger partial charge in [0.15, 0.2) is 17.5 Å². The van der Waals surface area contributed by atoms with Gasteiger partial charge >= 0.3 is 0 Å². The fraction of sp³-hybridized carbons (Fsp3) is 0.588. The van der Waals surface area contributed by atoms with E-state index in [2.05, 4.69) is 15.6 Å². The van der Waals surface area contributed by atoms with Crippen molar-refractivity contribution in [3.05, 3.63) is 29.6 Å². The average Bonchev–Trinajstić information content (AvgIpc) is 2.54. The SMILES string of the molecule is CCNC(=NCc1ccc(OC)c(F)c1)NC1CCCCC1. The lowest BCUT2D eigenvalue weighted by Crippen LogP contribution is -2.44. The second kappa shape index (κ2) is 8.61. The first-order valence-electron chi connectivity index (χ1n) is 8.10. The maximum Gasteiger partial charge on any atom is 0.191 e. The standard InChI is InChI=1S/C17H26FN3O/c1-3-19-17(21-14-7-5-4-6-8-14)20-12-13-9-10-16(22-2)15(18)11-13/h9-11,14H,3-8,12H2,1-2H3,(H2,19,20,21). The quantitative estimate of drug-likeness (QED) is 0.648. The minimum Gasteiger partial charge on any atom is -0.494 e. The summed E-state index contributed by atoms with van der Waals surface area (Å²) in [4.78, 5) is 4.56. The van der Waals surface area contributed by atoms with Crippen molar-refractivity contribution >= 4 is 5.96 Å². The first-order valence-corrected chi connectivity index (χ1v) is 8.10. The molecule has 0 aliphatic heterocycles. The van der Waals surface area contributed by atoms with E-state index in [4.69, 9.17) is 4.74 Å². The van der Waals surface area contributed by atoms with Crippen LogP contribution in [-0.4, -0.2) is 25.7 Å². The number of hydrogen-bond donors (Lipinski definition) is 2. The Morgan fingerprint density at radius 2 is 2.09 bits per heavy atom. The van der Waals surface area contributed by atoms with E-state index in [9.17, 15) is 4.39 Å². The Labute approximate surface area is 132 Å². The van der Waals surface area contributed by atoms with Gasteiger partial charge < -0.3 is 15.4 Å². The molecular formula is C17H26FN3O. The summed E-state index contributed by atoms with van der Waals surface area (Å²) in [6.45, 7) is 3.31. The normalized spacial score (nSPS) is 16.4. The van der Waals surface area contributed by atoms with Crippen LogP contribution < -0.4 is 15.4 Å². The van der Waals surface area contributed by atoms with Gasteiger partial charge in [-0.05, 0) is 37.5 Å². The Morgan fingerprint density at radius 3 is 2.73 bits per heavy atom. The predicted molar refractivity (Wildman–Crippen MR) is 87.8 cm³/mol. The molecule has 0 bridgehead atoms. The number of rotatable bonds is 5. The van der Waals surface area contributed by atoms with Crippen LogP contribution in [0.5, 0.6) is 5.75 Å². The monoisotopic (exact) mass is 307 g/mol. The minimum atomic E-state index is -0.347. The van der Waals surface area contributed by atoms with Crippen molar-refractivity contribution < 1.29 is 9.13 Å². The van der Waals surface area contributed by atoms with Crippen molar-refractivity contribution in [2.75, 3.05) is 13.7 Å². The number of hydrogen-bond acceptors (Lipinski definition) is 2. The predicted octanol–water partition coefficient (Wildman–Crippen LogP) is 3.22. The van der Waals surface area contributed by atoms with Gasteiger partial charge in [-0.1, -0.05) is 25.3 Å². The summed E-state index contributed by atoms with van der Waals surface area (Å²) in [6.07, 6.45) is 6.28. The molecule has 1 aliphatic carbocycles. The maximum absolute atomic E-state index is 13.7. The van der Waals surface area contributed by atoms with Crippen molar-refractivity contribution in [3.8, 4) is 5.75 Å². The third kappa shape index (κ3) is 4.90. The number of methoxy groups -OCH3 is 1. The van der Waals surface area contributed by atoms with E-state index in [0.29, 0.717) is 12.6 Å². The first-order chi connectivity index (χ1) is 10.7. The molecule has 5 heteroatoms. The van der Waals surface area contributed by atoms with Crippen molar-refractivity contribution in [1.82, 2.24) is 10.6 Å². The number of ether oxygens (including phenoxy) is 1. The van der Waals surface area contributed by atoms with E-state index < -0.39 is 0 Å². The van der Waals surface area contributed by atoms with Gasteiger partial charge in [-0.25, -0.2) is 9.38 Å². The summed E-state index contributed by atoms with van der Waals surface area (Å²) in [5.41, 5.74) is 0.833. The fourth-order valence-corrected chi connectivity index (χ4v) is 2.74. The highest BCUT2D eigenvalue weighted by Crippen LogP contribution is 2.19. The van der Waals surface area contributed by atoms with Gasteiger partial charge in [0.05, 0.1) is 13.7 Å². The van der Waals surface area contributed by atoms with Crippen molar-refractivity contribution in [3.63, 3.8) is 0 Å². The molecule has 0 unspecified atom stereocenters. The smallest absolute Gasteiger partial charge is 0.191 e. The molecular weight excluding hydrogens is 281 g/mol. The molecule has 0 heterocycles. The molecule has 0 saturated heterocycles. The van der Waals surface area contributed by atoms with Crippen LogP contribution >= 0.6 is 0 Å². The van der Waals surface area contributed by atoms with E-state index in [1.165, 1.54) is 45.3 Å².